The van der Waals surface area contributed by atoms with Crippen LogP contribution in [0, 0.1) is 11.6 Å². The lowest BCUT2D eigenvalue weighted by molar-refractivity contribution is -0.119. The highest BCUT2D eigenvalue weighted by Gasteiger charge is 2.12. The Bertz CT molecular complexity index is 365. The van der Waals surface area contributed by atoms with Crippen LogP contribution in [0.2, 0.25) is 0 Å². The Labute approximate surface area is 91.2 Å². The molecule has 1 unspecified atom stereocenters. The van der Waals surface area contributed by atoms with Crippen molar-refractivity contribution in [2.75, 3.05) is 6.61 Å². The van der Waals surface area contributed by atoms with Crippen LogP contribution in [0.25, 0.3) is 0 Å². The largest absolute Gasteiger partial charge is 0.488 e. The van der Waals surface area contributed by atoms with E-state index in [-0.39, 0.29) is 13.0 Å². The van der Waals surface area contributed by atoms with E-state index in [1.54, 1.807) is 0 Å². The minimum absolute atomic E-state index is 0.0814. The molecular formula is C10H12F2N2O2. The first-order valence-electron chi connectivity index (χ1n) is 4.64. The van der Waals surface area contributed by atoms with E-state index in [2.05, 4.69) is 0 Å². The Morgan fingerprint density at radius 3 is 2.44 bits per heavy atom. The maximum Gasteiger partial charge on any atom is 0.234 e. The Balaban J connectivity index is 2.52. The first kappa shape index (κ1) is 12.4. The molecule has 88 valence electrons. The zero-order valence-corrected chi connectivity index (χ0v) is 8.45. The smallest absolute Gasteiger partial charge is 0.234 e. The Morgan fingerprint density at radius 1 is 1.38 bits per heavy atom. The van der Waals surface area contributed by atoms with Gasteiger partial charge in [0.2, 0.25) is 5.91 Å². The fourth-order valence-electron chi connectivity index (χ4n) is 1.05. The van der Waals surface area contributed by atoms with Crippen LogP contribution in [0.15, 0.2) is 18.2 Å². The molecule has 0 fully saturated rings. The molecule has 0 spiro atoms. The second kappa shape index (κ2) is 5.41. The highest BCUT2D eigenvalue weighted by atomic mass is 19.1. The van der Waals surface area contributed by atoms with Gasteiger partial charge < -0.3 is 16.2 Å². The van der Waals surface area contributed by atoms with E-state index in [0.717, 1.165) is 12.1 Å². The lowest BCUT2D eigenvalue weighted by Gasteiger charge is -2.10. The standard InChI is InChI=1S/C10H12F2N2O2/c11-6-2-1-3-7(12)9(6)16-5-4-8(13)10(14)15/h1-3,8H,4-5,13H2,(H2,14,15). The second-order valence-electron chi connectivity index (χ2n) is 3.20. The van der Waals surface area contributed by atoms with Crippen molar-refractivity contribution in [3.05, 3.63) is 29.8 Å². The van der Waals surface area contributed by atoms with E-state index < -0.39 is 29.3 Å². The van der Waals surface area contributed by atoms with Gasteiger partial charge in [0.15, 0.2) is 17.4 Å². The van der Waals surface area contributed by atoms with Crippen molar-refractivity contribution in [2.45, 2.75) is 12.5 Å². The lowest BCUT2D eigenvalue weighted by atomic mass is 10.2. The minimum atomic E-state index is -0.880. The molecule has 1 amide bonds. The third kappa shape index (κ3) is 3.16. The van der Waals surface area contributed by atoms with E-state index in [4.69, 9.17) is 16.2 Å². The van der Waals surface area contributed by atoms with Crippen LogP contribution < -0.4 is 16.2 Å². The van der Waals surface area contributed by atoms with Crippen LogP contribution in [0.4, 0.5) is 8.78 Å². The summed E-state index contributed by atoms with van der Waals surface area (Å²) in [6, 6.07) is 2.50. The molecule has 0 radical (unpaired) electrons. The first-order chi connectivity index (χ1) is 7.52. The number of rotatable bonds is 5. The third-order valence-electron chi connectivity index (χ3n) is 1.96. The molecular weight excluding hydrogens is 218 g/mol. The summed E-state index contributed by atoms with van der Waals surface area (Å²) in [5.74, 6) is -2.75. The molecule has 1 atom stereocenters. The summed E-state index contributed by atoms with van der Waals surface area (Å²) in [4.78, 5) is 10.6. The Hall–Kier alpha value is -1.69. The Kier molecular flexibility index (Phi) is 4.19. The van der Waals surface area contributed by atoms with Crippen molar-refractivity contribution in [1.29, 1.82) is 0 Å². The van der Waals surface area contributed by atoms with Crippen molar-refractivity contribution in [2.24, 2.45) is 11.5 Å². The molecule has 4 N–H and O–H groups in total. The van der Waals surface area contributed by atoms with Gasteiger partial charge in [-0.1, -0.05) is 6.07 Å². The SMILES string of the molecule is NC(=O)C(N)CCOc1c(F)cccc1F. The predicted molar refractivity (Wildman–Crippen MR) is 53.6 cm³/mol. The number of amides is 1. The van der Waals surface area contributed by atoms with Crippen molar-refractivity contribution < 1.29 is 18.3 Å². The lowest BCUT2D eigenvalue weighted by Crippen LogP contribution is -2.37. The summed E-state index contributed by atoms with van der Waals surface area (Å²) in [6.07, 6.45) is 0.100. The number of halogens is 2. The number of para-hydroxylation sites is 1. The van der Waals surface area contributed by atoms with E-state index in [1.165, 1.54) is 6.07 Å². The van der Waals surface area contributed by atoms with Crippen LogP contribution >= 0.6 is 0 Å². The third-order valence-corrected chi connectivity index (χ3v) is 1.96. The van der Waals surface area contributed by atoms with Gasteiger partial charge in [-0.3, -0.25) is 4.79 Å². The van der Waals surface area contributed by atoms with Crippen LogP contribution in [0.1, 0.15) is 6.42 Å². The molecule has 4 nitrogen and oxygen atoms in total. The normalized spacial score (nSPS) is 12.2. The second-order valence-corrected chi connectivity index (χ2v) is 3.20. The van der Waals surface area contributed by atoms with Gasteiger partial charge in [0.25, 0.3) is 0 Å². The summed E-state index contributed by atoms with van der Waals surface area (Å²) in [7, 11) is 0. The van der Waals surface area contributed by atoms with E-state index in [9.17, 15) is 13.6 Å². The van der Waals surface area contributed by atoms with Gasteiger partial charge in [0.05, 0.1) is 12.6 Å². The number of primary amides is 1. The topological polar surface area (TPSA) is 78.3 Å². The molecule has 1 aromatic rings. The average molecular weight is 230 g/mol. The molecule has 0 aliphatic carbocycles. The quantitative estimate of drug-likeness (QED) is 0.775. The van der Waals surface area contributed by atoms with Gasteiger partial charge in [-0.15, -0.1) is 0 Å². The number of ether oxygens (including phenoxy) is 1. The van der Waals surface area contributed by atoms with Gasteiger partial charge in [0, 0.05) is 6.42 Å². The van der Waals surface area contributed by atoms with Crippen LogP contribution in [0.5, 0.6) is 5.75 Å². The molecule has 0 aromatic heterocycles. The number of benzene rings is 1. The molecule has 16 heavy (non-hydrogen) atoms. The van der Waals surface area contributed by atoms with Gasteiger partial charge in [-0.2, -0.15) is 0 Å². The molecule has 0 saturated carbocycles. The average Bonchev–Trinajstić information content (AvgIpc) is 2.22. The van der Waals surface area contributed by atoms with Gasteiger partial charge in [-0.25, -0.2) is 8.78 Å². The number of carbonyl (C=O) groups is 1. The van der Waals surface area contributed by atoms with Gasteiger partial charge >= 0.3 is 0 Å². The molecule has 0 bridgehead atoms. The number of carbonyl (C=O) groups excluding carboxylic acids is 1. The van der Waals surface area contributed by atoms with E-state index in [0.29, 0.717) is 0 Å². The van der Waals surface area contributed by atoms with Crippen LogP contribution in [-0.4, -0.2) is 18.6 Å². The molecule has 1 rings (SSSR count). The molecule has 0 aliphatic rings. The summed E-state index contributed by atoms with van der Waals surface area (Å²) in [6.45, 7) is -0.0814. The summed E-state index contributed by atoms with van der Waals surface area (Å²) >= 11 is 0. The van der Waals surface area contributed by atoms with Crippen LogP contribution in [0.3, 0.4) is 0 Å². The zero-order chi connectivity index (χ0) is 12.1. The van der Waals surface area contributed by atoms with E-state index >= 15 is 0 Å². The highest BCUT2D eigenvalue weighted by Crippen LogP contribution is 2.20. The molecule has 0 aliphatic heterocycles. The minimum Gasteiger partial charge on any atom is -0.488 e. The fourth-order valence-corrected chi connectivity index (χ4v) is 1.05. The number of nitrogens with two attached hydrogens (primary N) is 2. The van der Waals surface area contributed by atoms with Crippen molar-refractivity contribution in [3.8, 4) is 5.75 Å². The number of hydrogen-bond donors (Lipinski definition) is 2. The van der Waals surface area contributed by atoms with Crippen LogP contribution in [-0.2, 0) is 4.79 Å². The highest BCUT2D eigenvalue weighted by molar-refractivity contribution is 5.79. The molecule has 0 saturated heterocycles. The van der Waals surface area contributed by atoms with Gasteiger partial charge in [-0.05, 0) is 12.1 Å². The van der Waals surface area contributed by atoms with E-state index in [1.807, 2.05) is 0 Å². The monoisotopic (exact) mass is 230 g/mol. The molecule has 6 heteroatoms. The van der Waals surface area contributed by atoms with Crippen molar-refractivity contribution in [3.63, 3.8) is 0 Å². The predicted octanol–water partition coefficient (Wildman–Crippen LogP) is 0.546. The Morgan fingerprint density at radius 2 is 1.94 bits per heavy atom. The van der Waals surface area contributed by atoms with Crippen molar-refractivity contribution >= 4 is 5.91 Å². The summed E-state index contributed by atoms with van der Waals surface area (Å²) in [5, 5.41) is 0. The first-order valence-corrected chi connectivity index (χ1v) is 4.64. The molecule has 1 aromatic carbocycles. The maximum absolute atomic E-state index is 13.0. The molecule has 0 heterocycles. The van der Waals surface area contributed by atoms with Crippen molar-refractivity contribution in [1.82, 2.24) is 0 Å². The summed E-state index contributed by atoms with van der Waals surface area (Å²) in [5.41, 5.74) is 10.2. The zero-order valence-electron chi connectivity index (χ0n) is 8.45. The van der Waals surface area contributed by atoms with Gasteiger partial charge in [0.1, 0.15) is 0 Å². The fraction of sp³-hybridized carbons (Fsp3) is 0.300. The summed E-state index contributed by atoms with van der Waals surface area (Å²) < 4.78 is 30.9. The maximum atomic E-state index is 13.0. The number of hydrogen-bond acceptors (Lipinski definition) is 3.